The summed E-state index contributed by atoms with van der Waals surface area (Å²) in [5, 5.41) is 0. The van der Waals surface area contributed by atoms with E-state index in [4.69, 9.17) is 4.74 Å². The zero-order valence-corrected chi connectivity index (χ0v) is 11.9. The van der Waals surface area contributed by atoms with Gasteiger partial charge in [-0.3, -0.25) is 9.59 Å². The number of ketones is 1. The lowest BCUT2D eigenvalue weighted by Gasteiger charge is -2.08. The van der Waals surface area contributed by atoms with Gasteiger partial charge in [-0.15, -0.1) is 0 Å². The van der Waals surface area contributed by atoms with Gasteiger partial charge in [0.2, 0.25) is 0 Å². The van der Waals surface area contributed by atoms with E-state index in [1.54, 1.807) is 0 Å². The first kappa shape index (κ1) is 16.1. The Bertz CT molecular complexity index is 451. The third-order valence-electron chi connectivity index (χ3n) is 2.69. The van der Waals surface area contributed by atoms with Crippen LogP contribution in [0.2, 0.25) is 0 Å². The molecule has 0 fully saturated rings. The minimum absolute atomic E-state index is 0.0823. The Balaban J connectivity index is 2.23. The molecule has 0 spiro atoms. The molecule has 20 heavy (non-hydrogen) atoms. The van der Waals surface area contributed by atoms with Gasteiger partial charge in [0.05, 0.1) is 19.8 Å². The van der Waals surface area contributed by atoms with Gasteiger partial charge in [-0.25, -0.2) is 0 Å². The van der Waals surface area contributed by atoms with E-state index in [1.165, 1.54) is 7.11 Å². The van der Waals surface area contributed by atoms with Gasteiger partial charge in [0.15, 0.2) is 0 Å². The van der Waals surface area contributed by atoms with E-state index in [2.05, 4.69) is 4.74 Å². The van der Waals surface area contributed by atoms with Gasteiger partial charge in [0.25, 0.3) is 0 Å². The monoisotopic (exact) mass is 276 g/mol. The predicted octanol–water partition coefficient (Wildman–Crippen LogP) is 2.63. The van der Waals surface area contributed by atoms with E-state index in [0.717, 1.165) is 5.56 Å². The highest BCUT2D eigenvalue weighted by atomic mass is 16.5. The number of rotatable bonds is 8. The van der Waals surface area contributed by atoms with Crippen molar-refractivity contribution < 1.29 is 19.1 Å². The van der Waals surface area contributed by atoms with Gasteiger partial charge in [0, 0.05) is 6.42 Å². The summed E-state index contributed by atoms with van der Waals surface area (Å²) in [6, 6.07) is 9.91. The minimum Gasteiger partial charge on any atom is -0.469 e. The topological polar surface area (TPSA) is 52.6 Å². The van der Waals surface area contributed by atoms with Crippen LogP contribution in [0.4, 0.5) is 0 Å². The summed E-state index contributed by atoms with van der Waals surface area (Å²) in [6.45, 7) is 2.21. The van der Waals surface area contributed by atoms with E-state index in [-0.39, 0.29) is 24.7 Å². The van der Waals surface area contributed by atoms with Crippen molar-refractivity contribution in [3.63, 3.8) is 0 Å². The van der Waals surface area contributed by atoms with Gasteiger partial charge in [-0.1, -0.05) is 42.5 Å². The van der Waals surface area contributed by atoms with E-state index in [9.17, 15) is 9.59 Å². The molecule has 0 bridgehead atoms. The molecule has 4 nitrogen and oxygen atoms in total. The van der Waals surface area contributed by atoms with E-state index < -0.39 is 5.97 Å². The van der Waals surface area contributed by atoms with E-state index in [0.29, 0.717) is 6.61 Å². The Morgan fingerprint density at radius 1 is 1.25 bits per heavy atom. The predicted molar refractivity (Wildman–Crippen MR) is 77.1 cm³/mol. The van der Waals surface area contributed by atoms with Crippen LogP contribution >= 0.6 is 0 Å². The lowest BCUT2D eigenvalue weighted by atomic mass is 10.2. The van der Waals surface area contributed by atoms with E-state index in [1.807, 2.05) is 49.4 Å². The zero-order chi connectivity index (χ0) is 14.8. The van der Waals surface area contributed by atoms with Crippen molar-refractivity contribution in [2.24, 2.45) is 0 Å². The molecule has 0 radical (unpaired) electrons. The summed E-state index contributed by atoms with van der Waals surface area (Å²) in [5.74, 6) is -0.678. The minimum atomic E-state index is -0.507. The van der Waals surface area contributed by atoms with Crippen LogP contribution in [0.25, 0.3) is 6.08 Å². The molecule has 0 aromatic heterocycles. The Morgan fingerprint density at radius 2 is 1.95 bits per heavy atom. The normalized spacial score (nSPS) is 12.3. The number of carbonyl (C=O) groups excluding carboxylic acids is 2. The molecule has 0 saturated heterocycles. The molecule has 1 atom stereocenters. The molecular weight excluding hydrogens is 256 g/mol. The molecule has 108 valence electrons. The molecule has 4 heteroatoms. The van der Waals surface area contributed by atoms with Crippen LogP contribution in [0.5, 0.6) is 0 Å². The summed E-state index contributed by atoms with van der Waals surface area (Å²) >= 11 is 0. The first-order valence-electron chi connectivity index (χ1n) is 6.55. The van der Waals surface area contributed by atoms with Crippen molar-refractivity contribution >= 4 is 17.8 Å². The molecular formula is C16H20O4. The smallest absolute Gasteiger partial charge is 0.313 e. The summed E-state index contributed by atoms with van der Waals surface area (Å²) in [4.78, 5) is 22.3. The number of ether oxygens (including phenoxy) is 2. The molecule has 1 unspecified atom stereocenters. The van der Waals surface area contributed by atoms with E-state index >= 15 is 0 Å². The molecule has 0 aliphatic rings. The summed E-state index contributed by atoms with van der Waals surface area (Å²) in [7, 11) is 1.27. The quantitative estimate of drug-likeness (QED) is 0.541. The summed E-state index contributed by atoms with van der Waals surface area (Å²) in [5.41, 5.74) is 1.10. The van der Waals surface area contributed by atoms with Crippen LogP contribution in [0.1, 0.15) is 25.3 Å². The van der Waals surface area contributed by atoms with Crippen molar-refractivity contribution in [1.29, 1.82) is 0 Å². The summed E-state index contributed by atoms with van der Waals surface area (Å²) < 4.78 is 9.91. The largest absolute Gasteiger partial charge is 0.469 e. The number of methoxy groups -OCH3 is 1. The first-order valence-corrected chi connectivity index (χ1v) is 6.55. The molecule has 0 heterocycles. The van der Waals surface area contributed by atoms with Crippen LogP contribution in [-0.2, 0) is 19.1 Å². The maximum atomic E-state index is 11.4. The van der Waals surface area contributed by atoms with Crippen LogP contribution < -0.4 is 0 Å². The van der Waals surface area contributed by atoms with Crippen LogP contribution in [-0.4, -0.2) is 31.6 Å². The van der Waals surface area contributed by atoms with Gasteiger partial charge in [-0.2, -0.15) is 0 Å². The first-order chi connectivity index (χ1) is 9.61. The maximum absolute atomic E-state index is 11.4. The fraction of sp³-hybridized carbons (Fsp3) is 0.375. The average Bonchev–Trinajstić information content (AvgIpc) is 2.46. The zero-order valence-electron chi connectivity index (χ0n) is 11.9. The van der Waals surface area contributed by atoms with Gasteiger partial charge < -0.3 is 9.47 Å². The number of esters is 1. The molecule has 1 aromatic carbocycles. The lowest BCUT2D eigenvalue weighted by Crippen LogP contribution is -2.13. The fourth-order valence-corrected chi connectivity index (χ4v) is 1.55. The van der Waals surface area contributed by atoms with Crippen molar-refractivity contribution in [3.05, 3.63) is 42.0 Å². The standard InChI is InChI=1S/C16H20O4/c1-13(8-9-14-6-4-3-5-7-14)20-11-10-15(17)12-16(18)19-2/h3-9,13H,10-12H2,1-2H3/b9-8+. The van der Waals surface area contributed by atoms with Crippen molar-refractivity contribution in [2.45, 2.75) is 25.9 Å². The molecule has 0 aliphatic carbocycles. The second-order valence-electron chi connectivity index (χ2n) is 4.39. The highest BCUT2D eigenvalue weighted by molar-refractivity contribution is 5.95. The van der Waals surface area contributed by atoms with Crippen LogP contribution in [0.3, 0.4) is 0 Å². The van der Waals surface area contributed by atoms with Crippen molar-refractivity contribution in [3.8, 4) is 0 Å². The van der Waals surface area contributed by atoms with Gasteiger partial charge in [-0.05, 0) is 12.5 Å². The second-order valence-corrected chi connectivity index (χ2v) is 4.39. The Labute approximate surface area is 119 Å². The molecule has 1 aromatic rings. The van der Waals surface area contributed by atoms with Crippen LogP contribution in [0, 0.1) is 0 Å². The molecule has 0 saturated carbocycles. The molecule has 1 rings (SSSR count). The Kier molecular flexibility index (Phi) is 7.29. The third-order valence-corrected chi connectivity index (χ3v) is 2.69. The fourth-order valence-electron chi connectivity index (χ4n) is 1.55. The number of hydrogen-bond donors (Lipinski definition) is 0. The highest BCUT2D eigenvalue weighted by Crippen LogP contribution is 2.04. The number of hydrogen-bond acceptors (Lipinski definition) is 4. The SMILES string of the molecule is COC(=O)CC(=O)CCOC(C)/C=C/c1ccccc1. The average molecular weight is 276 g/mol. The molecule has 0 amide bonds. The highest BCUT2D eigenvalue weighted by Gasteiger charge is 2.09. The van der Waals surface area contributed by atoms with Gasteiger partial charge >= 0.3 is 5.97 Å². The van der Waals surface area contributed by atoms with Crippen molar-refractivity contribution in [1.82, 2.24) is 0 Å². The molecule has 0 N–H and O–H groups in total. The summed E-state index contributed by atoms with van der Waals surface area (Å²) in [6.07, 6.45) is 3.86. The number of carbonyl (C=O) groups is 2. The van der Waals surface area contributed by atoms with Crippen molar-refractivity contribution in [2.75, 3.05) is 13.7 Å². The Hall–Kier alpha value is -1.94. The molecule has 0 aliphatic heterocycles. The van der Waals surface area contributed by atoms with Crippen LogP contribution in [0.15, 0.2) is 36.4 Å². The van der Waals surface area contributed by atoms with Gasteiger partial charge in [0.1, 0.15) is 12.2 Å². The Morgan fingerprint density at radius 3 is 2.60 bits per heavy atom. The number of benzene rings is 1. The maximum Gasteiger partial charge on any atom is 0.313 e. The third kappa shape index (κ3) is 6.85. The number of Topliss-reactive ketones (excluding diaryl/α,β-unsaturated/α-hetero) is 1. The lowest BCUT2D eigenvalue weighted by molar-refractivity contribution is -0.143. The second kappa shape index (κ2) is 9.04.